The van der Waals surface area contributed by atoms with Gasteiger partial charge in [-0.25, -0.2) is 9.48 Å². The Morgan fingerprint density at radius 1 is 0.436 bits per heavy atom. The first-order valence-electron chi connectivity index (χ1n) is 32.0. The first kappa shape index (κ1) is 71.1. The molecule has 0 amide bonds. The molecule has 6 aromatic carbocycles. The maximum absolute atomic E-state index is 10.9. The zero-order valence-electron chi connectivity index (χ0n) is 58.1. The van der Waals surface area contributed by atoms with Gasteiger partial charge in [-0.1, -0.05) is 221 Å². The van der Waals surface area contributed by atoms with Crippen molar-refractivity contribution in [3.05, 3.63) is 225 Å². The molecule has 12 rings (SSSR count). The Hall–Kier alpha value is -10.3. The summed E-state index contributed by atoms with van der Waals surface area (Å²) in [6.07, 6.45) is 3.51. The molecule has 0 atom stereocenters. The van der Waals surface area contributed by atoms with Gasteiger partial charge < -0.3 is 5.11 Å². The van der Waals surface area contributed by atoms with Crippen LogP contribution in [0.2, 0.25) is 0 Å². The molecule has 0 fully saturated rings. The van der Waals surface area contributed by atoms with Crippen molar-refractivity contribution in [3.63, 3.8) is 0 Å². The molecule has 498 valence electrons. The lowest BCUT2D eigenvalue weighted by atomic mass is 9.97. The molecule has 4 N–H and O–H groups in total. The molecular formula is C75H101N17O2. The lowest BCUT2D eigenvalue weighted by Crippen LogP contribution is -1.99. The maximum Gasteiger partial charge on any atom is 0.358 e. The Kier molecular flexibility index (Phi) is 25.2. The van der Waals surface area contributed by atoms with Crippen molar-refractivity contribution in [1.29, 1.82) is 0 Å². The third kappa shape index (κ3) is 19.1. The van der Waals surface area contributed by atoms with E-state index in [4.69, 9.17) is 5.11 Å². The number of nitrogens with one attached hydrogen (secondary N) is 3. The molecule has 12 aromatic rings. The van der Waals surface area contributed by atoms with Crippen LogP contribution < -0.4 is 0 Å². The summed E-state index contributed by atoms with van der Waals surface area (Å²) in [6, 6.07) is 50.4. The van der Waals surface area contributed by atoms with Crippen molar-refractivity contribution in [3.8, 4) is 62.0 Å². The topological polar surface area (TPSA) is 241 Å². The van der Waals surface area contributed by atoms with Gasteiger partial charge in [-0.3, -0.25) is 9.36 Å². The lowest BCUT2D eigenvalue weighted by molar-refractivity contribution is 0.0691. The summed E-state index contributed by atoms with van der Waals surface area (Å²) in [5.41, 5.74) is 24.1. The fraction of sp³-hybridized carbons (Fsp3) is 0.333. The van der Waals surface area contributed by atoms with E-state index in [0.29, 0.717) is 41.2 Å². The van der Waals surface area contributed by atoms with Crippen LogP contribution in [-0.4, -0.2) is 97.1 Å². The smallest absolute Gasteiger partial charge is 0.358 e. The van der Waals surface area contributed by atoms with Crippen LogP contribution in [0, 0.1) is 34.6 Å². The standard InChI is InChI=1S/C14H18N2.C13H17N3.C12H13N3O2.3C12H15N3.4H2/c1-10(2)12-5-7-13(8-6-12)14-9-11(3)16(4)15-14;1-9(2)11-5-7-12(8-6-11)13-10(3)16(4)15-14-13;1-7(2)8-3-5-9(6-4-8)10-11(12(16)17)14-15-13-10;1-9(2)11-4-6-12(7-5-11)15-10(3)8-13-14-15;1-8(2)10-4-6-11(7-5-10)12-9(3)13-15-14-12;1-8(2)10-4-5-11(9(3)6-10)12-7-13-15-14-12;;;;/h5-10H,1-4H3;5-9H,1-4H3;3-7H,1-2H3,(H,16,17)(H,13,14,15);4-9H,1-3H3;2*4-8H,1-3H3,(H,13,14,15);4*1H. The molecule has 0 bridgehead atoms. The second kappa shape index (κ2) is 33.3. The molecule has 0 unspecified atom stereocenters. The molecule has 6 aromatic heterocycles. The molecule has 0 saturated heterocycles. The van der Waals surface area contributed by atoms with Gasteiger partial charge in [0, 0.05) is 53.3 Å². The number of aromatic amines is 3. The molecule has 0 saturated carbocycles. The SMILES string of the molecule is CC(C)c1ccc(-c2n[nH]nc2C(=O)O)cc1.Cc1c(-c2ccc(C(C)C)cc2)nnn1C.Cc1cc(-c2ccc(C(C)C)cc2)nn1C.Cc1cc(C(C)C)ccc1-c1cn[nH]n1.Cc1cnnn1-c1ccc(C(C)C)cc1.Cc1n[nH]nc1-c1ccc(C(C)C)cc1.[HH].[HH].[HH].[HH]. The highest BCUT2D eigenvalue weighted by molar-refractivity contribution is 5.92. The Balaban J connectivity index is 0.000000304. The van der Waals surface area contributed by atoms with Gasteiger partial charge in [0.1, 0.15) is 22.8 Å². The van der Waals surface area contributed by atoms with E-state index in [9.17, 15) is 4.79 Å². The van der Waals surface area contributed by atoms with Gasteiger partial charge in [-0.2, -0.15) is 46.2 Å². The average molecular weight is 1270 g/mol. The number of hydrogen-bond acceptors (Lipinski definition) is 12. The van der Waals surface area contributed by atoms with E-state index < -0.39 is 5.97 Å². The summed E-state index contributed by atoms with van der Waals surface area (Å²) in [7, 11) is 3.88. The molecule has 6 heterocycles. The number of rotatable bonds is 13. The van der Waals surface area contributed by atoms with Gasteiger partial charge in [0.15, 0.2) is 5.69 Å². The van der Waals surface area contributed by atoms with Crippen LogP contribution in [0.3, 0.4) is 0 Å². The summed E-state index contributed by atoms with van der Waals surface area (Å²) >= 11 is 0. The minimum Gasteiger partial charge on any atom is -0.476 e. The van der Waals surface area contributed by atoms with Crippen LogP contribution in [0.1, 0.15) is 197 Å². The minimum atomic E-state index is -1.08. The largest absolute Gasteiger partial charge is 0.476 e. The minimum absolute atomic E-state index is 0. The number of benzene rings is 6. The van der Waals surface area contributed by atoms with Crippen LogP contribution >= 0.6 is 0 Å². The number of nitrogens with zero attached hydrogens (tertiary/aromatic N) is 14. The number of carboxylic acids is 1. The van der Waals surface area contributed by atoms with E-state index in [1.165, 1.54) is 50.2 Å². The van der Waals surface area contributed by atoms with Crippen LogP contribution in [-0.2, 0) is 14.1 Å². The summed E-state index contributed by atoms with van der Waals surface area (Å²) in [5.74, 6) is 2.21. The molecule has 0 aliphatic heterocycles. The zero-order valence-corrected chi connectivity index (χ0v) is 58.1. The second-order valence-electron chi connectivity index (χ2n) is 25.2. The highest BCUT2D eigenvalue weighted by Crippen LogP contribution is 2.28. The van der Waals surface area contributed by atoms with Gasteiger partial charge >= 0.3 is 5.97 Å². The third-order valence-corrected chi connectivity index (χ3v) is 16.3. The molecule has 0 radical (unpaired) electrons. The number of aryl methyl sites for hydroxylation is 6. The van der Waals surface area contributed by atoms with Gasteiger partial charge in [0.05, 0.1) is 40.9 Å². The van der Waals surface area contributed by atoms with E-state index in [1.54, 1.807) is 17.1 Å². The van der Waals surface area contributed by atoms with Crippen molar-refractivity contribution in [2.45, 2.75) is 153 Å². The molecular weight excluding hydrogens is 1170 g/mol. The maximum atomic E-state index is 10.9. The summed E-state index contributed by atoms with van der Waals surface area (Å²) in [6.45, 7) is 36.3. The Morgan fingerprint density at radius 3 is 1.27 bits per heavy atom. The first-order chi connectivity index (χ1) is 44.8. The van der Waals surface area contributed by atoms with E-state index in [-0.39, 0.29) is 11.4 Å². The predicted molar refractivity (Wildman–Crippen MR) is 386 cm³/mol. The zero-order chi connectivity index (χ0) is 68.3. The number of carbonyl (C=O) groups is 1. The molecule has 0 aliphatic carbocycles. The molecule has 0 spiro atoms. The first-order valence-corrected chi connectivity index (χ1v) is 32.0. The summed E-state index contributed by atoms with van der Waals surface area (Å²) in [5, 5.41) is 60.6. The van der Waals surface area contributed by atoms with E-state index in [1.807, 2.05) is 68.5 Å². The van der Waals surface area contributed by atoms with E-state index in [2.05, 4.69) is 290 Å². The van der Waals surface area contributed by atoms with Crippen LogP contribution in [0.4, 0.5) is 0 Å². The highest BCUT2D eigenvalue weighted by Gasteiger charge is 2.17. The molecule has 94 heavy (non-hydrogen) atoms. The normalized spacial score (nSPS) is 10.9. The van der Waals surface area contributed by atoms with Crippen molar-refractivity contribution in [2.24, 2.45) is 14.1 Å². The molecule has 19 heteroatoms. The summed E-state index contributed by atoms with van der Waals surface area (Å²) in [4.78, 5) is 10.9. The lowest BCUT2D eigenvalue weighted by Gasteiger charge is -2.08. The van der Waals surface area contributed by atoms with Crippen molar-refractivity contribution in [2.75, 3.05) is 0 Å². The number of aromatic nitrogens is 17. The van der Waals surface area contributed by atoms with Crippen molar-refractivity contribution >= 4 is 5.97 Å². The van der Waals surface area contributed by atoms with Gasteiger partial charge in [-0.15, -0.1) is 15.3 Å². The fourth-order valence-electron chi connectivity index (χ4n) is 9.83. The van der Waals surface area contributed by atoms with E-state index in [0.717, 1.165) is 67.8 Å². The monoisotopic (exact) mass is 1270 g/mol. The van der Waals surface area contributed by atoms with Crippen LogP contribution in [0.15, 0.2) is 158 Å². The Morgan fingerprint density at radius 2 is 0.883 bits per heavy atom. The fourth-order valence-corrected chi connectivity index (χ4v) is 9.83. The molecule has 19 nitrogen and oxygen atoms in total. The van der Waals surface area contributed by atoms with E-state index >= 15 is 0 Å². The van der Waals surface area contributed by atoms with Crippen molar-refractivity contribution in [1.82, 2.24) is 86.0 Å². The van der Waals surface area contributed by atoms with Gasteiger partial charge in [0.2, 0.25) is 0 Å². The Labute approximate surface area is 559 Å². The van der Waals surface area contributed by atoms with Crippen molar-refractivity contribution < 1.29 is 15.6 Å². The molecule has 0 aliphatic rings. The van der Waals surface area contributed by atoms with Crippen LogP contribution in [0.5, 0.6) is 0 Å². The van der Waals surface area contributed by atoms with Crippen LogP contribution in [0.25, 0.3) is 62.0 Å². The average Bonchev–Trinajstić information content (AvgIpc) is 2.26. The second-order valence-corrected chi connectivity index (χ2v) is 25.2. The number of aromatic carboxylic acids is 1. The summed E-state index contributed by atoms with van der Waals surface area (Å²) < 4.78 is 5.54. The Bertz CT molecular complexity index is 4160. The third-order valence-electron chi connectivity index (χ3n) is 16.3. The highest BCUT2D eigenvalue weighted by atomic mass is 16.4. The van der Waals surface area contributed by atoms with Gasteiger partial charge in [0.25, 0.3) is 0 Å². The predicted octanol–water partition coefficient (Wildman–Crippen LogP) is 18.2. The number of carboxylic acid groups (broad SMARTS) is 1. The van der Waals surface area contributed by atoms with Gasteiger partial charge in [-0.05, 0) is 127 Å². The number of H-pyrrole nitrogens is 3. The quantitative estimate of drug-likeness (QED) is 0.0841. The number of hydrogen-bond donors (Lipinski definition) is 4.